The van der Waals surface area contributed by atoms with Gasteiger partial charge in [0.2, 0.25) is 11.8 Å². The molecular weight excluding hydrogens is 642 g/mol. The van der Waals surface area contributed by atoms with Crippen LogP contribution in [-0.2, 0) is 9.59 Å². The van der Waals surface area contributed by atoms with Gasteiger partial charge in [-0.3, -0.25) is 14.4 Å². The van der Waals surface area contributed by atoms with Gasteiger partial charge in [-0.1, -0.05) is 107 Å². The van der Waals surface area contributed by atoms with E-state index < -0.39 is 41.5 Å². The van der Waals surface area contributed by atoms with Crippen LogP contribution in [0.4, 0.5) is 0 Å². The van der Waals surface area contributed by atoms with Gasteiger partial charge in [0.1, 0.15) is 23.6 Å². The van der Waals surface area contributed by atoms with E-state index in [9.17, 15) is 19.5 Å². The molecule has 2 heterocycles. The Hall–Kier alpha value is -4.80. The van der Waals surface area contributed by atoms with Gasteiger partial charge in [-0.2, -0.15) is 0 Å². The van der Waals surface area contributed by atoms with Gasteiger partial charge in [0.25, 0.3) is 5.91 Å². The van der Waals surface area contributed by atoms with E-state index in [-0.39, 0.29) is 36.1 Å². The Balaban J connectivity index is 1.32. The molecule has 1 aliphatic heterocycles. The maximum Gasteiger partial charge on any atom is 0.270 e. The number of hydrogen-bond acceptors (Lipinski definition) is 7. The molecule has 6 atom stereocenters. The number of hydrogen-bond donors (Lipinski definition) is 5. The molecule has 270 valence electrons. The largest absolute Gasteiger partial charge is 0.490 e. The normalized spacial score (nSPS) is 18.6. The summed E-state index contributed by atoms with van der Waals surface area (Å²) in [6.45, 7) is 10.4. The van der Waals surface area contributed by atoms with Gasteiger partial charge < -0.3 is 31.1 Å². The molecule has 4 aromatic rings. The van der Waals surface area contributed by atoms with E-state index in [1.54, 1.807) is 6.07 Å². The van der Waals surface area contributed by atoms with Crippen molar-refractivity contribution < 1.29 is 24.2 Å². The van der Waals surface area contributed by atoms with E-state index in [0.717, 1.165) is 23.1 Å². The number of aromatic nitrogens is 1. The SMILES string of the molecule is CC(C)[C@H](NC(=O)c1ccc2ccccc2n1)C(=O)NC(C(O)CNC(=O)C1CC(Oc2ccccc2)CCN1)C(c1ccccc1)C(C)(C)C. The zero-order chi connectivity index (χ0) is 36.5. The summed E-state index contributed by atoms with van der Waals surface area (Å²) >= 11 is 0. The molecule has 51 heavy (non-hydrogen) atoms. The number of aliphatic hydroxyl groups excluding tert-OH is 1. The molecule has 10 heteroatoms. The van der Waals surface area contributed by atoms with E-state index in [0.29, 0.717) is 18.5 Å². The van der Waals surface area contributed by atoms with Crippen LogP contribution in [-0.4, -0.2) is 71.2 Å². The maximum atomic E-state index is 14.1. The Morgan fingerprint density at radius 3 is 2.25 bits per heavy atom. The zero-order valence-corrected chi connectivity index (χ0v) is 30.1. The first kappa shape index (κ1) is 37.5. The van der Waals surface area contributed by atoms with E-state index in [2.05, 4.69) is 47.0 Å². The third-order valence-corrected chi connectivity index (χ3v) is 9.44. The molecule has 0 bridgehead atoms. The minimum Gasteiger partial charge on any atom is -0.490 e. The van der Waals surface area contributed by atoms with E-state index in [4.69, 9.17) is 4.74 Å². The number of amides is 3. The molecule has 1 aromatic heterocycles. The third-order valence-electron chi connectivity index (χ3n) is 9.44. The Labute approximate surface area is 300 Å². The molecule has 3 amide bonds. The molecular formula is C41H51N5O5. The van der Waals surface area contributed by atoms with Crippen molar-refractivity contribution >= 4 is 28.6 Å². The minimum absolute atomic E-state index is 0.0920. The van der Waals surface area contributed by atoms with Crippen LogP contribution in [0, 0.1) is 11.3 Å². The van der Waals surface area contributed by atoms with Gasteiger partial charge >= 0.3 is 0 Å². The lowest BCUT2D eigenvalue weighted by atomic mass is 9.70. The van der Waals surface area contributed by atoms with Crippen LogP contribution in [0.15, 0.2) is 97.1 Å². The predicted molar refractivity (Wildman–Crippen MR) is 199 cm³/mol. The summed E-state index contributed by atoms with van der Waals surface area (Å²) in [5.41, 5.74) is 1.40. The monoisotopic (exact) mass is 693 g/mol. The fourth-order valence-corrected chi connectivity index (χ4v) is 6.84. The molecule has 1 saturated heterocycles. The summed E-state index contributed by atoms with van der Waals surface area (Å²) in [4.78, 5) is 45.5. The van der Waals surface area contributed by atoms with Crippen molar-refractivity contribution in [2.24, 2.45) is 11.3 Å². The number of piperidine rings is 1. The molecule has 0 saturated carbocycles. The molecule has 0 spiro atoms. The number of carbonyl (C=O) groups excluding carboxylic acids is 3. The Kier molecular flexibility index (Phi) is 12.4. The van der Waals surface area contributed by atoms with Gasteiger partial charge in [0.15, 0.2) is 0 Å². The Bertz CT molecular complexity index is 1760. The highest BCUT2D eigenvalue weighted by atomic mass is 16.5. The summed E-state index contributed by atoms with van der Waals surface area (Å²) in [6.07, 6.45) is -0.0387. The first-order chi connectivity index (χ1) is 24.4. The number of fused-ring (bicyclic) bond motifs is 1. The van der Waals surface area contributed by atoms with Crippen LogP contribution in [0.5, 0.6) is 5.75 Å². The quantitative estimate of drug-likeness (QED) is 0.133. The summed E-state index contributed by atoms with van der Waals surface area (Å²) in [5.74, 6) is -1.02. The molecule has 0 radical (unpaired) electrons. The van der Waals surface area contributed by atoms with Crippen LogP contribution in [0.3, 0.4) is 0 Å². The molecule has 5 unspecified atom stereocenters. The Morgan fingerprint density at radius 1 is 0.902 bits per heavy atom. The van der Waals surface area contributed by atoms with Crippen LogP contribution < -0.4 is 26.0 Å². The minimum atomic E-state index is -1.16. The number of aliphatic hydroxyl groups is 1. The number of carbonyl (C=O) groups is 3. The standard InChI is InChI=1S/C41H51N5O5/c1-26(2)36(45-39(49)32-21-20-27-14-12-13-19-31(27)44-32)40(50)46-37(35(41(3,4)5)28-15-8-6-9-16-28)34(47)25-43-38(48)33-24-30(22-23-42-33)51-29-17-10-7-11-18-29/h6-21,26,30,33-37,42,47H,22-25H2,1-5H3,(H,43,48)(H,45,49)(H,46,50)/t30?,33?,34?,35?,36-,37?/m0/s1. The number of nitrogens with zero attached hydrogens (tertiary/aromatic N) is 1. The number of nitrogens with one attached hydrogen (secondary N) is 4. The lowest BCUT2D eigenvalue weighted by molar-refractivity contribution is -0.126. The van der Waals surface area contributed by atoms with Gasteiger partial charge in [0.05, 0.1) is 23.7 Å². The fourth-order valence-electron chi connectivity index (χ4n) is 6.84. The van der Waals surface area contributed by atoms with Crippen molar-refractivity contribution in [1.29, 1.82) is 0 Å². The molecule has 3 aromatic carbocycles. The van der Waals surface area contributed by atoms with Gasteiger partial charge in [0, 0.05) is 24.3 Å². The summed E-state index contributed by atoms with van der Waals surface area (Å²) in [5, 5.41) is 25.0. The summed E-state index contributed by atoms with van der Waals surface area (Å²) in [6, 6.07) is 28.0. The number of benzene rings is 3. The number of para-hydroxylation sites is 2. The maximum absolute atomic E-state index is 14.1. The molecule has 1 aliphatic rings. The number of rotatable bonds is 13. The van der Waals surface area contributed by atoms with Crippen molar-refractivity contribution in [2.75, 3.05) is 13.1 Å². The second-order valence-corrected chi connectivity index (χ2v) is 14.8. The summed E-state index contributed by atoms with van der Waals surface area (Å²) < 4.78 is 6.13. The van der Waals surface area contributed by atoms with E-state index in [1.165, 1.54) is 0 Å². The zero-order valence-electron chi connectivity index (χ0n) is 30.1. The van der Waals surface area contributed by atoms with Crippen molar-refractivity contribution in [3.63, 3.8) is 0 Å². The highest BCUT2D eigenvalue weighted by Gasteiger charge is 2.40. The average Bonchev–Trinajstić information content (AvgIpc) is 3.12. The second kappa shape index (κ2) is 16.9. The lowest BCUT2D eigenvalue weighted by Gasteiger charge is -2.41. The van der Waals surface area contributed by atoms with Gasteiger partial charge in [-0.05, 0) is 54.1 Å². The van der Waals surface area contributed by atoms with Crippen LogP contribution in [0.1, 0.15) is 69.4 Å². The number of pyridine rings is 1. The van der Waals surface area contributed by atoms with E-state index >= 15 is 0 Å². The molecule has 1 fully saturated rings. The van der Waals surface area contributed by atoms with E-state index in [1.807, 2.05) is 105 Å². The third kappa shape index (κ3) is 9.92. The predicted octanol–water partition coefficient (Wildman–Crippen LogP) is 4.98. The lowest BCUT2D eigenvalue weighted by Crippen LogP contribution is -2.59. The fraction of sp³-hybridized carbons (Fsp3) is 0.415. The first-order valence-electron chi connectivity index (χ1n) is 17.8. The molecule has 5 N–H and O–H groups in total. The highest BCUT2D eigenvalue weighted by molar-refractivity contribution is 5.98. The second-order valence-electron chi connectivity index (χ2n) is 14.8. The average molecular weight is 694 g/mol. The summed E-state index contributed by atoms with van der Waals surface area (Å²) in [7, 11) is 0. The van der Waals surface area contributed by atoms with Crippen molar-refractivity contribution in [3.8, 4) is 5.75 Å². The topological polar surface area (TPSA) is 142 Å². The molecule has 10 nitrogen and oxygen atoms in total. The highest BCUT2D eigenvalue weighted by Crippen LogP contribution is 2.39. The smallest absolute Gasteiger partial charge is 0.270 e. The van der Waals surface area contributed by atoms with Crippen LogP contribution in [0.25, 0.3) is 10.9 Å². The van der Waals surface area contributed by atoms with Gasteiger partial charge in [-0.15, -0.1) is 0 Å². The van der Waals surface area contributed by atoms with Gasteiger partial charge in [-0.25, -0.2) is 4.98 Å². The first-order valence-corrected chi connectivity index (χ1v) is 17.8. The van der Waals surface area contributed by atoms with Crippen LogP contribution in [0.2, 0.25) is 0 Å². The number of ether oxygens (including phenoxy) is 1. The molecule has 0 aliphatic carbocycles. The molecule has 5 rings (SSSR count). The van der Waals surface area contributed by atoms with Crippen molar-refractivity contribution in [2.45, 2.75) is 83.7 Å². The van der Waals surface area contributed by atoms with Crippen molar-refractivity contribution in [3.05, 3.63) is 108 Å². The van der Waals surface area contributed by atoms with Crippen molar-refractivity contribution in [1.82, 2.24) is 26.3 Å². The van der Waals surface area contributed by atoms with Crippen LogP contribution >= 0.6 is 0 Å². The Morgan fingerprint density at radius 2 is 1.57 bits per heavy atom.